The number of hydrogen-bond donors (Lipinski definition) is 10. The van der Waals surface area contributed by atoms with Crippen LogP contribution in [0.1, 0.15) is 119 Å². The van der Waals surface area contributed by atoms with Gasteiger partial charge in [0.15, 0.2) is 0 Å². The first kappa shape index (κ1) is 70.3. The molecule has 8 amide bonds. The van der Waals surface area contributed by atoms with Crippen molar-refractivity contribution in [1.82, 2.24) is 52.0 Å². The Morgan fingerprint density at radius 1 is 0.678 bits per heavy atom. The maximum Gasteiger partial charge on any atom is 0.326 e. The summed E-state index contributed by atoms with van der Waals surface area (Å²) in [6.07, 6.45) is 5.46. The number of nitrogens with zero attached hydrogens (tertiary/aromatic N) is 3. The van der Waals surface area contributed by atoms with E-state index in [-0.39, 0.29) is 94.5 Å². The highest BCUT2D eigenvalue weighted by Crippen LogP contribution is 2.23. The van der Waals surface area contributed by atoms with Crippen LogP contribution in [0.25, 0.3) is 10.8 Å². The highest BCUT2D eigenvalue weighted by molar-refractivity contribution is 5.98. The highest BCUT2D eigenvalue weighted by atomic mass is 19.1. The Labute approximate surface area is 524 Å². The smallest absolute Gasteiger partial charge is 0.326 e. The molecule has 1 aliphatic heterocycles. The number of phenols is 1. The molecule has 0 spiro atoms. The Kier molecular flexibility index (Phi) is 27.6. The summed E-state index contributed by atoms with van der Waals surface area (Å²) in [5, 5.41) is 52.8. The van der Waals surface area contributed by atoms with Crippen molar-refractivity contribution in [2.24, 2.45) is 5.92 Å². The molecule has 1 aromatic heterocycles. The van der Waals surface area contributed by atoms with Gasteiger partial charge in [0, 0.05) is 57.8 Å². The predicted octanol–water partition coefficient (Wildman–Crippen LogP) is 4.63. The molecule has 5 aromatic rings. The Balaban J connectivity index is 1.26. The number of likely N-dealkylation sites (N-methyl/N-ethyl adjacent to an activating group) is 1. The number of nitrogens with one attached hydrogen (secondary N) is 7. The number of carboxylic acid groups (broad SMARTS) is 1. The van der Waals surface area contributed by atoms with Crippen LogP contribution < -0.4 is 37.2 Å². The number of aliphatic carboxylic acids is 1. The Morgan fingerprint density at radius 3 is 1.99 bits per heavy atom. The van der Waals surface area contributed by atoms with Gasteiger partial charge < -0.3 is 62.3 Å². The van der Waals surface area contributed by atoms with Crippen LogP contribution in [0.2, 0.25) is 0 Å². The molecule has 23 heteroatoms. The van der Waals surface area contributed by atoms with E-state index in [2.05, 4.69) is 42.2 Å². The molecule has 6 rings (SSSR count). The van der Waals surface area contributed by atoms with E-state index in [1.807, 2.05) is 64.1 Å². The highest BCUT2D eigenvalue weighted by Gasteiger charge is 2.40. The largest absolute Gasteiger partial charge is 0.508 e. The molecule has 2 heterocycles. The lowest BCUT2D eigenvalue weighted by atomic mass is 9.97. The lowest BCUT2D eigenvalue weighted by molar-refractivity contribution is -0.149. The van der Waals surface area contributed by atoms with Gasteiger partial charge in [-0.15, -0.1) is 0 Å². The number of aryl methyl sites for hydroxylation is 1. The number of aliphatic hydroxyl groups is 1. The lowest BCUT2D eigenvalue weighted by Crippen LogP contribution is -2.61. The number of unbranched alkanes of at least 4 members (excludes halogenated alkanes) is 2. The zero-order valence-electron chi connectivity index (χ0n) is 51.9. The van der Waals surface area contributed by atoms with E-state index in [1.54, 1.807) is 30.3 Å². The van der Waals surface area contributed by atoms with E-state index >= 15 is 4.79 Å². The van der Waals surface area contributed by atoms with Crippen LogP contribution in [0.4, 0.5) is 4.39 Å². The SMILES string of the molecule is CC(C)C[C@H](NC(=O)[C@@H](CCCCNC(=O)c1cccnc1)NC(=O)[C@H](Cc1ccc(O)cc1)N(C)C(=O)[C@H](CO)NC(=O)[C@H](Cc1cccc2ccccc12)NC(=O)CCc1ccc(F)cc1)C(=O)N[C@@H](CCCCNC(C)C)C(=O)N1CCC[C@@H]1C(=O)O. The molecule has 4 aromatic carbocycles. The molecule has 0 aliphatic carbocycles. The number of carbonyl (C=O) groups excluding carboxylic acids is 8. The first-order chi connectivity index (χ1) is 43.1. The van der Waals surface area contributed by atoms with E-state index in [1.165, 1.54) is 60.7 Å². The third-order valence-electron chi connectivity index (χ3n) is 15.8. The average molecular weight is 1240 g/mol. The fourth-order valence-electron chi connectivity index (χ4n) is 10.9. The van der Waals surface area contributed by atoms with Crippen molar-refractivity contribution in [2.75, 3.05) is 33.3 Å². The molecular formula is C67H87FN10O12. The first-order valence-electron chi connectivity index (χ1n) is 30.9. The van der Waals surface area contributed by atoms with Gasteiger partial charge >= 0.3 is 5.97 Å². The van der Waals surface area contributed by atoms with Gasteiger partial charge in [0.05, 0.1) is 12.2 Å². The number of fused-ring (bicyclic) bond motifs is 1. The van der Waals surface area contributed by atoms with Gasteiger partial charge in [-0.1, -0.05) is 94.4 Å². The number of hydrogen-bond acceptors (Lipinski definition) is 13. The van der Waals surface area contributed by atoms with Crippen LogP contribution in [-0.4, -0.2) is 165 Å². The molecule has 1 fully saturated rings. The van der Waals surface area contributed by atoms with Crippen molar-refractivity contribution < 1.29 is 62.9 Å². The molecule has 7 atom stereocenters. The Morgan fingerprint density at radius 2 is 1.31 bits per heavy atom. The number of likely N-dealkylation sites (tertiary alicyclic amines) is 1. The maximum absolute atomic E-state index is 15.1. The molecule has 10 N–H and O–H groups in total. The van der Waals surface area contributed by atoms with Crippen molar-refractivity contribution in [2.45, 2.75) is 160 Å². The van der Waals surface area contributed by atoms with Gasteiger partial charge in [-0.05, 0) is 141 Å². The number of aliphatic hydroxyl groups excluding tert-OH is 1. The average Bonchev–Trinajstić information content (AvgIpc) is 1.76. The molecule has 484 valence electrons. The molecule has 0 saturated carbocycles. The van der Waals surface area contributed by atoms with Crippen molar-refractivity contribution in [3.8, 4) is 5.75 Å². The third kappa shape index (κ3) is 21.7. The summed E-state index contributed by atoms with van der Waals surface area (Å²) < 4.78 is 13.7. The van der Waals surface area contributed by atoms with Crippen LogP contribution >= 0.6 is 0 Å². The minimum Gasteiger partial charge on any atom is -0.508 e. The summed E-state index contributed by atoms with van der Waals surface area (Å²) in [4.78, 5) is 133. The van der Waals surface area contributed by atoms with Crippen molar-refractivity contribution >= 4 is 64.0 Å². The zero-order chi connectivity index (χ0) is 65.3. The fraction of sp³-hybridized carbons (Fsp3) is 0.463. The van der Waals surface area contributed by atoms with E-state index < -0.39 is 102 Å². The lowest BCUT2D eigenvalue weighted by Gasteiger charge is -2.32. The number of pyridine rings is 1. The second-order valence-corrected chi connectivity index (χ2v) is 23.6. The minimum atomic E-state index is -1.69. The van der Waals surface area contributed by atoms with Crippen LogP contribution in [0.15, 0.2) is 116 Å². The summed E-state index contributed by atoms with van der Waals surface area (Å²) >= 11 is 0. The number of amides is 8. The normalized spacial score (nSPS) is 15.0. The Hall–Kier alpha value is -8.83. The third-order valence-corrected chi connectivity index (χ3v) is 15.8. The summed E-state index contributed by atoms with van der Waals surface area (Å²) in [5.41, 5.74) is 2.16. The van der Waals surface area contributed by atoms with E-state index in [4.69, 9.17) is 0 Å². The predicted molar refractivity (Wildman–Crippen MR) is 337 cm³/mol. The van der Waals surface area contributed by atoms with Crippen molar-refractivity contribution in [1.29, 1.82) is 0 Å². The van der Waals surface area contributed by atoms with Gasteiger partial charge in [-0.25, -0.2) is 9.18 Å². The molecule has 1 aliphatic rings. The van der Waals surface area contributed by atoms with Gasteiger partial charge in [0.2, 0.25) is 41.4 Å². The van der Waals surface area contributed by atoms with E-state index in [0.717, 1.165) is 15.7 Å². The van der Waals surface area contributed by atoms with Gasteiger partial charge in [0.1, 0.15) is 53.9 Å². The molecule has 90 heavy (non-hydrogen) atoms. The maximum atomic E-state index is 15.1. The summed E-state index contributed by atoms with van der Waals surface area (Å²) in [7, 11) is 1.29. The molecule has 1 saturated heterocycles. The fourth-order valence-corrected chi connectivity index (χ4v) is 10.9. The number of aromatic nitrogens is 1. The van der Waals surface area contributed by atoms with Crippen LogP contribution in [0.3, 0.4) is 0 Å². The molecule has 0 bridgehead atoms. The molecule has 22 nitrogen and oxygen atoms in total. The second-order valence-electron chi connectivity index (χ2n) is 23.6. The molecule has 0 unspecified atom stereocenters. The summed E-state index contributed by atoms with van der Waals surface area (Å²) in [5.74, 6) is -7.47. The second kappa shape index (κ2) is 35.4. The van der Waals surface area contributed by atoms with Crippen LogP contribution in [0.5, 0.6) is 5.75 Å². The molecular weight excluding hydrogens is 1160 g/mol. The number of benzene rings is 4. The summed E-state index contributed by atoms with van der Waals surface area (Å²) in [6.45, 7) is 7.70. The quantitative estimate of drug-likeness (QED) is 0.0248. The Bertz CT molecular complexity index is 3200. The zero-order valence-corrected chi connectivity index (χ0v) is 51.9. The number of phenolic OH excluding ortho intramolecular Hbond substituents is 1. The topological polar surface area (TPSA) is 318 Å². The van der Waals surface area contributed by atoms with E-state index in [9.17, 15) is 58.1 Å². The number of carbonyl (C=O) groups is 9. The van der Waals surface area contributed by atoms with Gasteiger partial charge in [-0.3, -0.25) is 43.3 Å². The monoisotopic (exact) mass is 1240 g/mol. The van der Waals surface area contributed by atoms with E-state index in [0.29, 0.717) is 54.5 Å². The number of carboxylic acids is 1. The number of aromatic hydroxyl groups is 1. The molecule has 0 radical (unpaired) electrons. The minimum absolute atomic E-state index is 0.0371. The first-order valence-corrected chi connectivity index (χ1v) is 30.9. The van der Waals surface area contributed by atoms with Gasteiger partial charge in [0.25, 0.3) is 5.91 Å². The van der Waals surface area contributed by atoms with Crippen molar-refractivity contribution in [3.63, 3.8) is 0 Å². The number of halogens is 1. The standard InChI is InChI=1S/C67H87FN10O12/c1-42(2)37-54(62(84)74-53(21-9-10-34-70-43(3)4)66(88)78-36-14-22-57(78)67(89)90)75-61(83)52(20-8-11-35-71-60(82)48-18-13-33-69-40-48)73-64(86)58(38-45-25-30-50(80)31-26-45)77(5)65(87)56(41-79)76-63(85)55(39-47-17-12-16-46-15-6-7-19-51(46)47)72-59(81)32-27-44-23-28-49(68)29-24-44/h6-7,12-13,15-19,23-26,28-31,33,40,42-43,52-58,70,79-80H,8-11,14,20-22,27,32,34-39,41H2,1-5H3,(H,71,82)(H,72,81)(H,73,86)(H,74,84)(H,75,83)(H,76,85)(H,89,90)/t52-,53+,54+,55+,56+,57-,58+/m1/s1. The number of rotatable bonds is 35. The van der Waals surface area contributed by atoms with Crippen LogP contribution in [-0.2, 0) is 57.6 Å². The van der Waals surface area contributed by atoms with Crippen LogP contribution in [0, 0.1) is 11.7 Å². The van der Waals surface area contributed by atoms with Gasteiger partial charge in [-0.2, -0.15) is 0 Å². The van der Waals surface area contributed by atoms with Crippen molar-refractivity contribution in [3.05, 3.63) is 144 Å². The summed E-state index contributed by atoms with van der Waals surface area (Å²) in [6, 6.07) is 18.6.